The normalized spacial score (nSPS) is 16.6. The summed E-state index contributed by atoms with van der Waals surface area (Å²) in [5.41, 5.74) is 6.90. The zero-order valence-electron chi connectivity index (χ0n) is 8.73. The first-order valence-corrected chi connectivity index (χ1v) is 6.73. The van der Waals surface area contributed by atoms with Gasteiger partial charge in [0.15, 0.2) is 9.84 Å². The lowest BCUT2D eigenvalue weighted by Crippen LogP contribution is -2.10. The molecule has 1 aromatic rings. The van der Waals surface area contributed by atoms with Crippen molar-refractivity contribution in [3.63, 3.8) is 0 Å². The molecular weight excluding hydrogens is 210 g/mol. The monoisotopic (exact) mass is 225 g/mol. The highest BCUT2D eigenvalue weighted by Gasteiger charge is 2.29. The first-order valence-electron chi connectivity index (χ1n) is 5.08. The second-order valence-corrected chi connectivity index (χ2v) is 6.25. The van der Waals surface area contributed by atoms with Crippen LogP contribution in [0, 0.1) is 12.8 Å². The fourth-order valence-electron chi connectivity index (χ4n) is 1.64. The van der Waals surface area contributed by atoms with Gasteiger partial charge >= 0.3 is 0 Å². The van der Waals surface area contributed by atoms with Crippen LogP contribution in [0.2, 0.25) is 0 Å². The quantitative estimate of drug-likeness (QED) is 0.797. The maximum absolute atomic E-state index is 12.0. The number of hydrogen-bond acceptors (Lipinski definition) is 3. The summed E-state index contributed by atoms with van der Waals surface area (Å²) in [6.45, 7) is 1.80. The lowest BCUT2D eigenvalue weighted by Gasteiger charge is -2.07. The molecule has 0 aromatic heterocycles. The van der Waals surface area contributed by atoms with Crippen LogP contribution in [0.25, 0.3) is 0 Å². The van der Waals surface area contributed by atoms with Crippen molar-refractivity contribution < 1.29 is 8.42 Å². The third kappa shape index (κ3) is 2.31. The van der Waals surface area contributed by atoms with Gasteiger partial charge in [-0.15, -0.1) is 0 Å². The highest BCUT2D eigenvalue weighted by Crippen LogP contribution is 2.33. The summed E-state index contributed by atoms with van der Waals surface area (Å²) in [6.07, 6.45) is 2.08. The van der Waals surface area contributed by atoms with E-state index in [1.807, 2.05) is 0 Å². The fourth-order valence-corrected chi connectivity index (χ4v) is 3.64. The van der Waals surface area contributed by atoms with Gasteiger partial charge in [0.05, 0.1) is 10.6 Å². The highest BCUT2D eigenvalue weighted by molar-refractivity contribution is 7.91. The first-order chi connectivity index (χ1) is 6.99. The number of nitrogen functional groups attached to an aromatic ring is 1. The number of rotatable bonds is 3. The maximum atomic E-state index is 12.0. The summed E-state index contributed by atoms with van der Waals surface area (Å²) in [7, 11) is -3.13. The van der Waals surface area contributed by atoms with Gasteiger partial charge in [0.1, 0.15) is 0 Å². The standard InChI is InChI=1S/C11H15NO2S/c1-8-2-5-10(12)6-11(8)15(13,14)7-9-3-4-9/h2,5-6,9H,3-4,7,12H2,1H3. The molecule has 2 rings (SSSR count). The van der Waals surface area contributed by atoms with E-state index in [0.717, 1.165) is 18.4 Å². The van der Waals surface area contributed by atoms with Gasteiger partial charge in [0, 0.05) is 5.69 Å². The number of benzene rings is 1. The smallest absolute Gasteiger partial charge is 0.178 e. The Bertz CT molecular complexity index is 475. The van der Waals surface area contributed by atoms with Crippen LogP contribution in [0.4, 0.5) is 5.69 Å². The topological polar surface area (TPSA) is 60.2 Å². The molecule has 0 heterocycles. The molecule has 0 atom stereocenters. The molecule has 0 radical (unpaired) electrons. The van der Waals surface area contributed by atoms with Crippen LogP contribution in [-0.2, 0) is 9.84 Å². The molecule has 2 N–H and O–H groups in total. The largest absolute Gasteiger partial charge is 0.399 e. The minimum absolute atomic E-state index is 0.275. The Balaban J connectivity index is 2.38. The zero-order valence-corrected chi connectivity index (χ0v) is 9.55. The number of aryl methyl sites for hydroxylation is 1. The Morgan fingerprint density at radius 3 is 2.67 bits per heavy atom. The molecule has 1 fully saturated rings. The van der Waals surface area contributed by atoms with Crippen molar-refractivity contribution in [1.29, 1.82) is 0 Å². The van der Waals surface area contributed by atoms with E-state index in [4.69, 9.17) is 5.73 Å². The average molecular weight is 225 g/mol. The predicted octanol–water partition coefficient (Wildman–Crippen LogP) is 1.76. The summed E-state index contributed by atoms with van der Waals surface area (Å²) < 4.78 is 24.0. The van der Waals surface area contributed by atoms with Gasteiger partial charge in [-0.25, -0.2) is 8.42 Å². The van der Waals surface area contributed by atoms with Crippen LogP contribution in [0.3, 0.4) is 0 Å². The van der Waals surface area contributed by atoms with Crippen molar-refractivity contribution in [2.24, 2.45) is 5.92 Å². The molecule has 4 heteroatoms. The van der Waals surface area contributed by atoms with Crippen molar-refractivity contribution in [3.8, 4) is 0 Å². The number of hydrogen-bond donors (Lipinski definition) is 1. The third-order valence-electron chi connectivity index (χ3n) is 2.70. The molecule has 0 unspecified atom stereocenters. The Morgan fingerprint density at radius 1 is 1.40 bits per heavy atom. The van der Waals surface area contributed by atoms with Gasteiger partial charge in [0.25, 0.3) is 0 Å². The van der Waals surface area contributed by atoms with Crippen molar-refractivity contribution in [2.75, 3.05) is 11.5 Å². The minimum atomic E-state index is -3.13. The van der Waals surface area contributed by atoms with E-state index >= 15 is 0 Å². The van der Waals surface area contributed by atoms with Gasteiger partial charge < -0.3 is 5.73 Å². The molecule has 1 aliphatic rings. The summed E-state index contributed by atoms with van der Waals surface area (Å²) in [6, 6.07) is 5.05. The Kier molecular flexibility index (Phi) is 2.46. The molecule has 1 aliphatic carbocycles. The van der Waals surface area contributed by atoms with Crippen LogP contribution in [0.1, 0.15) is 18.4 Å². The van der Waals surface area contributed by atoms with Crippen LogP contribution < -0.4 is 5.73 Å². The molecule has 15 heavy (non-hydrogen) atoms. The summed E-state index contributed by atoms with van der Waals surface area (Å²) in [5.74, 6) is 0.646. The van der Waals surface area contributed by atoms with E-state index in [1.165, 1.54) is 0 Å². The molecule has 82 valence electrons. The molecule has 0 aliphatic heterocycles. The van der Waals surface area contributed by atoms with E-state index in [-0.39, 0.29) is 5.75 Å². The van der Waals surface area contributed by atoms with Crippen molar-refractivity contribution in [3.05, 3.63) is 23.8 Å². The fraction of sp³-hybridized carbons (Fsp3) is 0.455. The van der Waals surface area contributed by atoms with Gasteiger partial charge in [-0.3, -0.25) is 0 Å². The molecule has 0 saturated heterocycles. The van der Waals surface area contributed by atoms with Crippen LogP contribution in [0.5, 0.6) is 0 Å². The predicted molar refractivity (Wildman–Crippen MR) is 60.4 cm³/mol. The number of sulfone groups is 1. The van der Waals surface area contributed by atoms with E-state index in [0.29, 0.717) is 16.5 Å². The maximum Gasteiger partial charge on any atom is 0.178 e. The van der Waals surface area contributed by atoms with Gasteiger partial charge in [-0.1, -0.05) is 6.07 Å². The van der Waals surface area contributed by atoms with Crippen LogP contribution >= 0.6 is 0 Å². The molecule has 1 saturated carbocycles. The van der Waals surface area contributed by atoms with Crippen LogP contribution in [-0.4, -0.2) is 14.2 Å². The molecule has 0 spiro atoms. The molecule has 1 aromatic carbocycles. The minimum Gasteiger partial charge on any atom is -0.399 e. The molecular formula is C11H15NO2S. The van der Waals surface area contributed by atoms with Crippen molar-refractivity contribution >= 4 is 15.5 Å². The van der Waals surface area contributed by atoms with E-state index < -0.39 is 9.84 Å². The van der Waals surface area contributed by atoms with E-state index in [9.17, 15) is 8.42 Å². The lowest BCUT2D eigenvalue weighted by molar-refractivity contribution is 0.591. The second-order valence-electron chi connectivity index (χ2n) is 4.25. The molecule has 0 amide bonds. The van der Waals surface area contributed by atoms with E-state index in [2.05, 4.69) is 0 Å². The average Bonchev–Trinajstić information content (AvgIpc) is 2.92. The first kappa shape index (κ1) is 10.5. The lowest BCUT2D eigenvalue weighted by atomic mass is 10.2. The Labute approximate surface area is 90.2 Å². The Morgan fingerprint density at radius 2 is 2.07 bits per heavy atom. The van der Waals surface area contributed by atoms with E-state index in [1.54, 1.807) is 25.1 Å². The zero-order chi connectivity index (χ0) is 11.1. The third-order valence-corrected chi connectivity index (χ3v) is 4.72. The van der Waals surface area contributed by atoms with Gasteiger partial charge in [-0.05, 0) is 43.4 Å². The summed E-state index contributed by atoms with van der Waals surface area (Å²) in [5, 5.41) is 0. The summed E-state index contributed by atoms with van der Waals surface area (Å²) in [4.78, 5) is 0.398. The van der Waals surface area contributed by atoms with Crippen molar-refractivity contribution in [2.45, 2.75) is 24.7 Å². The SMILES string of the molecule is Cc1ccc(N)cc1S(=O)(=O)CC1CC1. The second kappa shape index (κ2) is 3.52. The van der Waals surface area contributed by atoms with Gasteiger partial charge in [-0.2, -0.15) is 0 Å². The van der Waals surface area contributed by atoms with Gasteiger partial charge in [0.2, 0.25) is 0 Å². The summed E-state index contributed by atoms with van der Waals surface area (Å²) >= 11 is 0. The Hall–Kier alpha value is -1.03. The molecule has 0 bridgehead atoms. The number of nitrogens with two attached hydrogens (primary N) is 1. The van der Waals surface area contributed by atoms with Crippen LogP contribution in [0.15, 0.2) is 23.1 Å². The van der Waals surface area contributed by atoms with Crippen molar-refractivity contribution in [1.82, 2.24) is 0 Å². The highest BCUT2D eigenvalue weighted by atomic mass is 32.2. The molecule has 3 nitrogen and oxygen atoms in total. The number of anilines is 1.